The van der Waals surface area contributed by atoms with Crippen molar-refractivity contribution in [2.24, 2.45) is 0 Å². The summed E-state index contributed by atoms with van der Waals surface area (Å²) in [6.45, 7) is 1.72. The van der Waals surface area contributed by atoms with E-state index in [2.05, 4.69) is 20.7 Å². The van der Waals surface area contributed by atoms with Gasteiger partial charge in [0.15, 0.2) is 0 Å². The molecule has 7 nitrogen and oxygen atoms in total. The molecule has 1 aliphatic rings. The molecule has 146 valence electrons. The lowest BCUT2D eigenvalue weighted by Gasteiger charge is -2.26. The molecule has 0 saturated carbocycles. The minimum Gasteiger partial charge on any atom is -0.449 e. The van der Waals surface area contributed by atoms with Gasteiger partial charge in [-0.3, -0.25) is 9.52 Å². The second-order valence-corrected chi connectivity index (χ2v) is 8.87. The van der Waals surface area contributed by atoms with Crippen molar-refractivity contribution in [3.8, 4) is 0 Å². The predicted molar refractivity (Wildman–Crippen MR) is 108 cm³/mol. The number of morpholine rings is 1. The van der Waals surface area contributed by atoms with Gasteiger partial charge in [-0.25, -0.2) is 8.42 Å². The van der Waals surface area contributed by atoms with E-state index in [0.29, 0.717) is 41.7 Å². The summed E-state index contributed by atoms with van der Waals surface area (Å²) in [5.74, 6) is -0.395. The molecule has 0 atom stereocenters. The molecule has 1 aliphatic heterocycles. The summed E-state index contributed by atoms with van der Waals surface area (Å²) < 4.78 is 40.1. The molecule has 1 aromatic heterocycles. The highest BCUT2D eigenvalue weighted by atomic mass is 79.9. The first-order valence-corrected chi connectivity index (χ1v) is 10.9. The SMILES string of the molecule is O=C(c1oc2ccccc2c1NS(=O)(=O)c1cccc(Br)c1)N1CCOCC1. The molecule has 0 aliphatic carbocycles. The molecule has 1 N–H and O–H groups in total. The number of furan rings is 1. The average Bonchev–Trinajstić information content (AvgIpc) is 3.06. The zero-order valence-corrected chi connectivity index (χ0v) is 17.1. The minimum atomic E-state index is -3.92. The molecule has 4 rings (SSSR count). The fraction of sp³-hybridized carbons (Fsp3) is 0.211. The van der Waals surface area contributed by atoms with Crippen molar-refractivity contribution in [1.29, 1.82) is 0 Å². The number of ether oxygens (including phenoxy) is 1. The molecule has 0 bridgehead atoms. The van der Waals surface area contributed by atoms with E-state index in [0.717, 1.165) is 0 Å². The first-order chi connectivity index (χ1) is 13.5. The van der Waals surface area contributed by atoms with E-state index in [1.807, 2.05) is 0 Å². The summed E-state index contributed by atoms with van der Waals surface area (Å²) in [6.07, 6.45) is 0. The van der Waals surface area contributed by atoms with Crippen LogP contribution in [0.1, 0.15) is 10.6 Å². The number of benzene rings is 2. The van der Waals surface area contributed by atoms with Gasteiger partial charge in [0.05, 0.1) is 18.1 Å². The maximum absolute atomic E-state index is 13.0. The monoisotopic (exact) mass is 464 g/mol. The van der Waals surface area contributed by atoms with E-state index in [1.165, 1.54) is 12.1 Å². The van der Waals surface area contributed by atoms with Crippen molar-refractivity contribution in [1.82, 2.24) is 4.90 Å². The molecular weight excluding hydrogens is 448 g/mol. The van der Waals surface area contributed by atoms with Gasteiger partial charge in [0.25, 0.3) is 15.9 Å². The Balaban J connectivity index is 1.78. The molecular formula is C19H17BrN2O5S. The number of fused-ring (bicyclic) bond motifs is 1. The Morgan fingerprint density at radius 3 is 2.57 bits per heavy atom. The van der Waals surface area contributed by atoms with Crippen LogP contribution in [0, 0.1) is 0 Å². The largest absolute Gasteiger partial charge is 0.449 e. The molecule has 1 saturated heterocycles. The molecule has 3 aromatic rings. The third-order valence-electron chi connectivity index (χ3n) is 4.43. The molecule has 2 aromatic carbocycles. The lowest BCUT2D eigenvalue weighted by molar-refractivity contribution is 0.0285. The highest BCUT2D eigenvalue weighted by Gasteiger charge is 2.29. The first kappa shape index (κ1) is 19.0. The maximum atomic E-state index is 13.0. The van der Waals surface area contributed by atoms with Crippen LogP contribution in [-0.4, -0.2) is 45.5 Å². The van der Waals surface area contributed by atoms with Crippen molar-refractivity contribution < 1.29 is 22.4 Å². The van der Waals surface area contributed by atoms with E-state index in [-0.39, 0.29) is 22.3 Å². The highest BCUT2D eigenvalue weighted by Crippen LogP contribution is 2.34. The number of hydrogen-bond donors (Lipinski definition) is 1. The summed E-state index contributed by atoms with van der Waals surface area (Å²) >= 11 is 3.28. The van der Waals surface area contributed by atoms with Crippen LogP contribution in [0.3, 0.4) is 0 Å². The van der Waals surface area contributed by atoms with Gasteiger partial charge >= 0.3 is 0 Å². The van der Waals surface area contributed by atoms with Crippen LogP contribution in [-0.2, 0) is 14.8 Å². The van der Waals surface area contributed by atoms with Crippen LogP contribution in [0.5, 0.6) is 0 Å². The van der Waals surface area contributed by atoms with Crippen molar-refractivity contribution in [3.05, 3.63) is 58.8 Å². The Kier molecular flexibility index (Phi) is 5.13. The molecule has 1 amide bonds. The topological polar surface area (TPSA) is 88.8 Å². The Morgan fingerprint density at radius 2 is 1.82 bits per heavy atom. The minimum absolute atomic E-state index is 0.0262. The van der Waals surface area contributed by atoms with E-state index in [9.17, 15) is 13.2 Å². The highest BCUT2D eigenvalue weighted by molar-refractivity contribution is 9.10. The number of anilines is 1. The second-order valence-electron chi connectivity index (χ2n) is 6.27. The number of sulfonamides is 1. The Labute approximate surface area is 170 Å². The normalized spacial score (nSPS) is 15.0. The van der Waals surface area contributed by atoms with E-state index in [4.69, 9.17) is 9.15 Å². The van der Waals surface area contributed by atoms with E-state index < -0.39 is 10.0 Å². The quantitative estimate of drug-likeness (QED) is 0.638. The standard InChI is InChI=1S/C19H17BrN2O5S/c20-13-4-3-5-14(12-13)28(24,25)21-17-15-6-1-2-7-16(15)27-18(17)19(23)22-8-10-26-11-9-22/h1-7,12,21H,8-11H2. The molecule has 28 heavy (non-hydrogen) atoms. The van der Waals surface area contributed by atoms with Gasteiger partial charge < -0.3 is 14.1 Å². The molecule has 0 spiro atoms. The van der Waals surface area contributed by atoms with Gasteiger partial charge in [0.1, 0.15) is 11.3 Å². The first-order valence-electron chi connectivity index (χ1n) is 8.63. The lowest BCUT2D eigenvalue weighted by atomic mass is 10.2. The summed E-state index contributed by atoms with van der Waals surface area (Å²) in [7, 11) is -3.92. The van der Waals surface area contributed by atoms with E-state index in [1.54, 1.807) is 41.3 Å². The number of hydrogen-bond acceptors (Lipinski definition) is 5. The lowest BCUT2D eigenvalue weighted by Crippen LogP contribution is -2.40. The maximum Gasteiger partial charge on any atom is 0.291 e. The number of halogens is 1. The fourth-order valence-corrected chi connectivity index (χ4v) is 4.71. The zero-order valence-electron chi connectivity index (χ0n) is 14.7. The average molecular weight is 465 g/mol. The summed E-state index contributed by atoms with van der Waals surface area (Å²) in [5, 5.41) is 0.526. The summed E-state index contributed by atoms with van der Waals surface area (Å²) in [5.41, 5.74) is 0.582. The number of rotatable bonds is 4. The Morgan fingerprint density at radius 1 is 1.07 bits per heavy atom. The number of nitrogens with one attached hydrogen (secondary N) is 1. The smallest absolute Gasteiger partial charge is 0.291 e. The number of carbonyl (C=O) groups excluding carboxylic acids is 1. The van der Waals surface area contributed by atoms with Crippen LogP contribution >= 0.6 is 15.9 Å². The molecule has 9 heteroatoms. The number of amides is 1. The van der Waals surface area contributed by atoms with Gasteiger partial charge in [0, 0.05) is 22.9 Å². The molecule has 2 heterocycles. The van der Waals surface area contributed by atoms with Crippen LogP contribution in [0.2, 0.25) is 0 Å². The van der Waals surface area contributed by atoms with Crippen LogP contribution < -0.4 is 4.72 Å². The molecule has 0 unspecified atom stereocenters. The van der Waals surface area contributed by atoms with Crippen LogP contribution in [0.4, 0.5) is 5.69 Å². The van der Waals surface area contributed by atoms with Crippen LogP contribution in [0.25, 0.3) is 11.0 Å². The van der Waals surface area contributed by atoms with Crippen molar-refractivity contribution >= 4 is 48.5 Å². The predicted octanol–water partition coefficient (Wildman–Crippen LogP) is 3.47. The molecule has 0 radical (unpaired) electrons. The fourth-order valence-electron chi connectivity index (χ4n) is 3.03. The van der Waals surface area contributed by atoms with Crippen LogP contribution in [0.15, 0.2) is 62.3 Å². The summed E-state index contributed by atoms with van der Waals surface area (Å²) in [4.78, 5) is 14.7. The van der Waals surface area contributed by atoms with Crippen molar-refractivity contribution in [3.63, 3.8) is 0 Å². The summed E-state index contributed by atoms with van der Waals surface area (Å²) in [6, 6.07) is 13.3. The zero-order chi connectivity index (χ0) is 19.7. The third-order valence-corrected chi connectivity index (χ3v) is 6.27. The van der Waals surface area contributed by atoms with Crippen molar-refractivity contribution in [2.45, 2.75) is 4.90 Å². The second kappa shape index (κ2) is 7.57. The number of nitrogens with zero attached hydrogens (tertiary/aromatic N) is 1. The molecule has 1 fully saturated rings. The van der Waals surface area contributed by atoms with Gasteiger partial charge in [-0.05, 0) is 30.3 Å². The number of para-hydroxylation sites is 1. The van der Waals surface area contributed by atoms with Gasteiger partial charge in [-0.2, -0.15) is 0 Å². The Hall–Kier alpha value is -2.36. The van der Waals surface area contributed by atoms with Gasteiger partial charge in [-0.1, -0.05) is 34.1 Å². The van der Waals surface area contributed by atoms with Gasteiger partial charge in [-0.15, -0.1) is 0 Å². The Bertz CT molecular complexity index is 1140. The van der Waals surface area contributed by atoms with Gasteiger partial charge in [0.2, 0.25) is 5.76 Å². The third kappa shape index (κ3) is 3.65. The van der Waals surface area contributed by atoms with Crippen molar-refractivity contribution in [2.75, 3.05) is 31.0 Å². The van der Waals surface area contributed by atoms with E-state index >= 15 is 0 Å². The number of carbonyl (C=O) groups is 1.